The van der Waals surface area contributed by atoms with Crippen molar-refractivity contribution in [1.82, 2.24) is 15.4 Å². The molecule has 0 bridgehead atoms. The van der Waals surface area contributed by atoms with E-state index in [4.69, 9.17) is 17.0 Å². The minimum absolute atomic E-state index is 0.211. The van der Waals surface area contributed by atoms with E-state index in [0.717, 1.165) is 11.3 Å². The molecule has 2 aromatic rings. The lowest BCUT2D eigenvalue weighted by Crippen LogP contribution is -2.20. The number of ether oxygens (including phenoxy) is 1. The Labute approximate surface area is 132 Å². The van der Waals surface area contributed by atoms with Crippen LogP contribution in [0.4, 0.5) is 4.39 Å². The molecule has 5 nitrogen and oxygen atoms in total. The number of hydrogen-bond acceptors (Lipinski definition) is 5. The van der Waals surface area contributed by atoms with Gasteiger partial charge in [0.05, 0.1) is 12.3 Å². The number of hydrazone groups is 1. The molecule has 0 spiro atoms. The first-order valence-corrected chi connectivity index (χ1v) is 7.17. The van der Waals surface area contributed by atoms with Crippen LogP contribution in [0.5, 0.6) is 5.75 Å². The average Bonchev–Trinajstić information content (AvgIpc) is 2.76. The highest BCUT2D eigenvalue weighted by molar-refractivity contribution is 7.80. The van der Waals surface area contributed by atoms with Gasteiger partial charge in [0.15, 0.2) is 11.6 Å². The van der Waals surface area contributed by atoms with Crippen LogP contribution in [0.15, 0.2) is 41.9 Å². The predicted octanol–water partition coefficient (Wildman–Crippen LogP) is 2.26. The van der Waals surface area contributed by atoms with Gasteiger partial charge < -0.3 is 4.74 Å². The van der Waals surface area contributed by atoms with Crippen molar-refractivity contribution in [2.24, 2.45) is 5.10 Å². The van der Waals surface area contributed by atoms with Crippen LogP contribution < -0.4 is 10.2 Å². The van der Waals surface area contributed by atoms with Crippen molar-refractivity contribution in [2.75, 3.05) is 6.61 Å². The summed E-state index contributed by atoms with van der Waals surface area (Å²) in [7, 11) is 0. The Morgan fingerprint density at radius 2 is 2.27 bits per heavy atom. The third-order valence-corrected chi connectivity index (χ3v) is 3.51. The van der Waals surface area contributed by atoms with Crippen LogP contribution in [-0.4, -0.2) is 27.3 Å². The van der Waals surface area contributed by atoms with Crippen molar-refractivity contribution in [3.8, 4) is 5.75 Å². The summed E-state index contributed by atoms with van der Waals surface area (Å²) in [4.78, 5) is 8.65. The monoisotopic (exact) mass is 316 g/mol. The van der Waals surface area contributed by atoms with Crippen molar-refractivity contribution in [2.45, 2.75) is 12.8 Å². The van der Waals surface area contributed by atoms with Gasteiger partial charge in [-0.25, -0.2) is 4.39 Å². The Kier molecular flexibility index (Phi) is 4.34. The van der Waals surface area contributed by atoms with E-state index in [1.165, 1.54) is 12.3 Å². The number of rotatable bonds is 2. The van der Waals surface area contributed by atoms with Crippen molar-refractivity contribution in [3.05, 3.63) is 53.9 Å². The fourth-order valence-corrected chi connectivity index (χ4v) is 2.25. The number of halogens is 1. The van der Waals surface area contributed by atoms with Crippen LogP contribution >= 0.6 is 12.2 Å². The molecule has 0 saturated heterocycles. The second-order valence-corrected chi connectivity index (χ2v) is 5.11. The summed E-state index contributed by atoms with van der Waals surface area (Å²) in [5, 5.41) is 4.30. The topological polar surface area (TPSA) is 59.4 Å². The van der Waals surface area contributed by atoms with Gasteiger partial charge in [-0.15, -0.1) is 0 Å². The molecule has 22 heavy (non-hydrogen) atoms. The lowest BCUT2D eigenvalue weighted by atomic mass is 10.1. The summed E-state index contributed by atoms with van der Waals surface area (Å²) in [6.07, 6.45) is 5.78. The van der Waals surface area contributed by atoms with E-state index in [1.54, 1.807) is 18.5 Å². The summed E-state index contributed by atoms with van der Waals surface area (Å²) in [6, 6.07) is 4.95. The quantitative estimate of drug-likeness (QED) is 0.680. The molecule has 3 heterocycles. The summed E-state index contributed by atoms with van der Waals surface area (Å²) >= 11 is 5.26. The number of hydrogen-bond donors (Lipinski definition) is 1. The molecule has 3 rings (SSSR count). The zero-order chi connectivity index (χ0) is 15.4. The van der Waals surface area contributed by atoms with Gasteiger partial charge in [0, 0.05) is 42.7 Å². The van der Waals surface area contributed by atoms with Gasteiger partial charge in [0.2, 0.25) is 0 Å². The van der Waals surface area contributed by atoms with Gasteiger partial charge in [0.25, 0.3) is 0 Å². The molecule has 0 amide bonds. The second-order valence-electron chi connectivity index (χ2n) is 4.70. The highest BCUT2D eigenvalue weighted by Gasteiger charge is 2.18. The second kappa shape index (κ2) is 6.57. The van der Waals surface area contributed by atoms with E-state index in [-0.39, 0.29) is 5.75 Å². The molecule has 0 radical (unpaired) electrons. The highest BCUT2D eigenvalue weighted by Crippen LogP contribution is 2.24. The molecule has 0 unspecified atom stereocenters. The normalized spacial score (nSPS) is 15.6. The van der Waals surface area contributed by atoms with Gasteiger partial charge in [-0.1, -0.05) is 12.2 Å². The average molecular weight is 316 g/mol. The molecule has 7 heteroatoms. The molecule has 0 aromatic carbocycles. The number of nitrogens with one attached hydrogen (secondary N) is 1. The Balaban J connectivity index is 1.74. The van der Waals surface area contributed by atoms with Crippen LogP contribution in [0, 0.1) is 5.82 Å². The van der Waals surface area contributed by atoms with Crippen LogP contribution in [0.3, 0.4) is 0 Å². The smallest absolute Gasteiger partial charge is 0.176 e. The van der Waals surface area contributed by atoms with Crippen LogP contribution in [0.2, 0.25) is 0 Å². The Morgan fingerprint density at radius 3 is 3.09 bits per heavy atom. The minimum atomic E-state index is -0.398. The summed E-state index contributed by atoms with van der Waals surface area (Å²) in [5.41, 5.74) is 4.99. The maximum absolute atomic E-state index is 13.7. The molecule has 0 fully saturated rings. The van der Waals surface area contributed by atoms with Crippen LogP contribution in [0.1, 0.15) is 17.7 Å². The Morgan fingerprint density at radius 1 is 1.36 bits per heavy atom. The summed E-state index contributed by atoms with van der Waals surface area (Å²) < 4.78 is 19.1. The maximum Gasteiger partial charge on any atom is 0.176 e. The standard InChI is InChI=1S/C15H13FN4OS/c16-12-3-6-18-13-8-11(4-7-21-14(12)13)19-20-15(22)10-2-1-5-17-9-10/h1-3,5-6,9H,4,7-8H2,(H,20,22)/b19-11-. The third-order valence-electron chi connectivity index (χ3n) is 3.18. The first-order chi connectivity index (χ1) is 10.7. The maximum atomic E-state index is 13.7. The lowest BCUT2D eigenvalue weighted by Gasteiger charge is -2.06. The van der Waals surface area contributed by atoms with Crippen molar-refractivity contribution in [1.29, 1.82) is 0 Å². The van der Waals surface area contributed by atoms with E-state index in [1.807, 2.05) is 6.07 Å². The third kappa shape index (κ3) is 3.25. The lowest BCUT2D eigenvalue weighted by molar-refractivity contribution is 0.311. The first-order valence-electron chi connectivity index (χ1n) is 6.76. The van der Waals surface area contributed by atoms with E-state index < -0.39 is 5.82 Å². The predicted molar refractivity (Wildman–Crippen MR) is 84.5 cm³/mol. The SMILES string of the molecule is Fc1ccnc2c1OCC/C(=N/NC(=S)c1cccnc1)C2. The molecule has 0 aliphatic carbocycles. The molecule has 2 aromatic heterocycles. The summed E-state index contributed by atoms with van der Waals surface area (Å²) in [6.45, 7) is 0.357. The van der Waals surface area contributed by atoms with Crippen molar-refractivity contribution >= 4 is 22.9 Å². The largest absolute Gasteiger partial charge is 0.488 e. The fourth-order valence-electron chi connectivity index (χ4n) is 2.08. The highest BCUT2D eigenvalue weighted by atomic mass is 32.1. The number of aromatic nitrogens is 2. The molecule has 1 aliphatic heterocycles. The van der Waals surface area contributed by atoms with E-state index in [9.17, 15) is 4.39 Å². The van der Waals surface area contributed by atoms with E-state index in [2.05, 4.69) is 20.5 Å². The van der Waals surface area contributed by atoms with E-state index >= 15 is 0 Å². The molecule has 1 aliphatic rings. The Bertz CT molecular complexity index is 721. The molecule has 112 valence electrons. The number of fused-ring (bicyclic) bond motifs is 1. The summed E-state index contributed by atoms with van der Waals surface area (Å²) in [5.74, 6) is -0.187. The zero-order valence-electron chi connectivity index (χ0n) is 11.6. The van der Waals surface area contributed by atoms with Gasteiger partial charge >= 0.3 is 0 Å². The van der Waals surface area contributed by atoms with Gasteiger partial charge in [-0.05, 0) is 18.2 Å². The van der Waals surface area contributed by atoms with Gasteiger partial charge in [0.1, 0.15) is 4.99 Å². The molecular weight excluding hydrogens is 303 g/mol. The Hall–Kier alpha value is -2.41. The number of thiocarbonyl (C=S) groups is 1. The molecule has 1 N–H and O–H groups in total. The molecule has 0 saturated carbocycles. The fraction of sp³-hybridized carbons (Fsp3) is 0.200. The van der Waals surface area contributed by atoms with E-state index in [0.29, 0.717) is 30.1 Å². The van der Waals surface area contributed by atoms with Crippen molar-refractivity contribution < 1.29 is 9.13 Å². The van der Waals surface area contributed by atoms with Crippen LogP contribution in [0.25, 0.3) is 0 Å². The first kappa shape index (κ1) is 14.5. The van der Waals surface area contributed by atoms with Gasteiger partial charge in [-0.3, -0.25) is 15.4 Å². The van der Waals surface area contributed by atoms with Gasteiger partial charge in [-0.2, -0.15) is 5.10 Å². The molecular formula is C15H13FN4OS. The minimum Gasteiger partial charge on any atom is -0.488 e. The zero-order valence-corrected chi connectivity index (χ0v) is 12.4. The number of pyridine rings is 2. The van der Waals surface area contributed by atoms with Crippen LogP contribution in [-0.2, 0) is 6.42 Å². The molecule has 0 atom stereocenters. The van der Waals surface area contributed by atoms with Crippen molar-refractivity contribution in [3.63, 3.8) is 0 Å². The number of nitrogens with zero attached hydrogens (tertiary/aromatic N) is 3.